The van der Waals surface area contributed by atoms with Crippen LogP contribution in [0.2, 0.25) is 0 Å². The fraction of sp³-hybridized carbons (Fsp3) is 0.533. The number of anilines is 1. The van der Waals surface area contributed by atoms with Crippen molar-refractivity contribution in [2.24, 2.45) is 5.92 Å². The minimum absolute atomic E-state index is 0.136. The lowest BCUT2D eigenvalue weighted by molar-refractivity contribution is 0.101. The first-order valence-electron chi connectivity index (χ1n) is 6.45. The van der Waals surface area contributed by atoms with Crippen LogP contribution in [0.1, 0.15) is 44.0 Å². The molecule has 1 aliphatic heterocycles. The number of ketones is 1. The van der Waals surface area contributed by atoms with Crippen LogP contribution in [-0.2, 0) is 0 Å². The first-order valence-corrected chi connectivity index (χ1v) is 6.45. The molecule has 0 saturated carbocycles. The van der Waals surface area contributed by atoms with Gasteiger partial charge in [-0.05, 0) is 56.9 Å². The van der Waals surface area contributed by atoms with Crippen molar-refractivity contribution in [3.8, 4) is 0 Å². The van der Waals surface area contributed by atoms with E-state index in [2.05, 4.69) is 30.9 Å². The molecule has 1 saturated heterocycles. The molecule has 0 aromatic heterocycles. The van der Waals surface area contributed by atoms with E-state index < -0.39 is 0 Å². The molecule has 0 N–H and O–H groups in total. The molecule has 1 aromatic rings. The van der Waals surface area contributed by atoms with Gasteiger partial charge in [0.1, 0.15) is 0 Å². The van der Waals surface area contributed by atoms with Gasteiger partial charge in [0.2, 0.25) is 0 Å². The monoisotopic (exact) mass is 231 g/mol. The molecule has 2 unspecified atom stereocenters. The molecule has 1 fully saturated rings. The van der Waals surface area contributed by atoms with Gasteiger partial charge in [0.25, 0.3) is 0 Å². The summed E-state index contributed by atoms with van der Waals surface area (Å²) in [6, 6.07) is 8.62. The van der Waals surface area contributed by atoms with Crippen molar-refractivity contribution < 1.29 is 4.79 Å². The van der Waals surface area contributed by atoms with Gasteiger partial charge in [-0.15, -0.1) is 0 Å². The Morgan fingerprint density at radius 2 is 1.82 bits per heavy atom. The predicted molar refractivity (Wildman–Crippen MR) is 71.7 cm³/mol. The second-order valence-corrected chi connectivity index (χ2v) is 5.29. The fourth-order valence-corrected chi connectivity index (χ4v) is 2.54. The average Bonchev–Trinajstić information content (AvgIpc) is 2.32. The number of nitrogens with zero attached hydrogens (tertiary/aromatic N) is 1. The van der Waals surface area contributed by atoms with Crippen molar-refractivity contribution in [2.45, 2.75) is 39.7 Å². The third-order valence-electron chi connectivity index (χ3n) is 3.72. The summed E-state index contributed by atoms with van der Waals surface area (Å²) in [5.74, 6) is 0.898. The zero-order chi connectivity index (χ0) is 12.4. The highest BCUT2D eigenvalue weighted by molar-refractivity contribution is 5.94. The number of carbonyl (C=O) groups is 1. The number of hydrogen-bond donors (Lipinski definition) is 0. The number of benzene rings is 1. The van der Waals surface area contributed by atoms with Gasteiger partial charge >= 0.3 is 0 Å². The molecule has 2 rings (SSSR count). The molecule has 17 heavy (non-hydrogen) atoms. The lowest BCUT2D eigenvalue weighted by atomic mass is 9.94. The molecule has 0 bridgehead atoms. The molecule has 0 aliphatic carbocycles. The molecule has 1 aliphatic rings. The summed E-state index contributed by atoms with van der Waals surface area (Å²) in [6.45, 7) is 7.33. The third-order valence-corrected chi connectivity index (χ3v) is 3.72. The van der Waals surface area contributed by atoms with Crippen LogP contribution in [0.4, 0.5) is 5.69 Å². The molecule has 2 nitrogen and oxygen atoms in total. The Balaban J connectivity index is 2.18. The van der Waals surface area contributed by atoms with E-state index in [9.17, 15) is 4.79 Å². The highest BCUT2D eigenvalue weighted by Crippen LogP contribution is 2.27. The van der Waals surface area contributed by atoms with Crippen LogP contribution in [0.5, 0.6) is 0 Å². The van der Waals surface area contributed by atoms with Crippen LogP contribution < -0.4 is 4.90 Å². The largest absolute Gasteiger partial charge is 0.369 e. The van der Waals surface area contributed by atoms with Crippen LogP contribution in [0.25, 0.3) is 0 Å². The van der Waals surface area contributed by atoms with Crippen LogP contribution in [-0.4, -0.2) is 18.4 Å². The minimum atomic E-state index is 0.136. The van der Waals surface area contributed by atoms with E-state index in [0.717, 1.165) is 18.0 Å². The Morgan fingerprint density at radius 3 is 2.41 bits per heavy atom. The second-order valence-electron chi connectivity index (χ2n) is 5.29. The molecule has 1 heterocycles. The van der Waals surface area contributed by atoms with Gasteiger partial charge in [-0.3, -0.25) is 4.79 Å². The Kier molecular flexibility index (Phi) is 3.51. The van der Waals surface area contributed by atoms with Crippen LogP contribution in [0.3, 0.4) is 0 Å². The van der Waals surface area contributed by atoms with E-state index in [4.69, 9.17) is 0 Å². The molecule has 92 valence electrons. The first-order chi connectivity index (χ1) is 8.08. The van der Waals surface area contributed by atoms with Crippen LogP contribution in [0, 0.1) is 5.92 Å². The lowest BCUT2D eigenvalue weighted by Gasteiger charge is -2.38. The zero-order valence-corrected chi connectivity index (χ0v) is 10.9. The Bertz CT molecular complexity index is 396. The van der Waals surface area contributed by atoms with Crippen molar-refractivity contribution in [1.29, 1.82) is 0 Å². The van der Waals surface area contributed by atoms with Crippen molar-refractivity contribution in [1.82, 2.24) is 0 Å². The number of carbonyl (C=O) groups excluding carboxylic acids is 1. The molecule has 1 aromatic carbocycles. The van der Waals surface area contributed by atoms with Gasteiger partial charge in [-0.25, -0.2) is 0 Å². The Hall–Kier alpha value is -1.31. The normalized spacial score (nSPS) is 24.8. The SMILES string of the molecule is CC(=O)c1ccc(N2CC(C)CCC2C)cc1. The van der Waals surface area contributed by atoms with E-state index >= 15 is 0 Å². The molecule has 0 spiro atoms. The number of Topliss-reactive ketones (excluding diaryl/α,β-unsaturated/α-hetero) is 1. The van der Waals surface area contributed by atoms with E-state index in [1.54, 1.807) is 6.92 Å². The fourth-order valence-electron chi connectivity index (χ4n) is 2.54. The highest BCUT2D eigenvalue weighted by Gasteiger charge is 2.22. The lowest BCUT2D eigenvalue weighted by Crippen LogP contribution is -2.41. The highest BCUT2D eigenvalue weighted by atomic mass is 16.1. The molecular weight excluding hydrogens is 210 g/mol. The summed E-state index contributed by atoms with van der Waals surface area (Å²) in [5.41, 5.74) is 2.04. The maximum Gasteiger partial charge on any atom is 0.159 e. The van der Waals surface area contributed by atoms with Gasteiger partial charge in [-0.2, -0.15) is 0 Å². The van der Waals surface area contributed by atoms with Gasteiger partial charge in [0, 0.05) is 23.8 Å². The number of hydrogen-bond acceptors (Lipinski definition) is 2. The summed E-state index contributed by atoms with van der Waals surface area (Å²) in [4.78, 5) is 13.7. The van der Waals surface area contributed by atoms with Gasteiger partial charge in [0.05, 0.1) is 0 Å². The number of piperidine rings is 1. The average molecular weight is 231 g/mol. The Labute approximate surface area is 104 Å². The quantitative estimate of drug-likeness (QED) is 0.726. The maximum atomic E-state index is 11.2. The molecular formula is C15H21NO. The van der Waals surface area contributed by atoms with Crippen molar-refractivity contribution in [3.05, 3.63) is 29.8 Å². The smallest absolute Gasteiger partial charge is 0.159 e. The van der Waals surface area contributed by atoms with Crippen LogP contribution in [0.15, 0.2) is 24.3 Å². The summed E-state index contributed by atoms with van der Waals surface area (Å²) in [7, 11) is 0. The van der Waals surface area contributed by atoms with Crippen LogP contribution >= 0.6 is 0 Å². The summed E-state index contributed by atoms with van der Waals surface area (Å²) in [5, 5.41) is 0. The van der Waals surface area contributed by atoms with E-state index in [-0.39, 0.29) is 5.78 Å². The molecule has 2 atom stereocenters. The van der Waals surface area contributed by atoms with E-state index in [1.165, 1.54) is 18.5 Å². The van der Waals surface area contributed by atoms with Gasteiger partial charge < -0.3 is 4.90 Å². The summed E-state index contributed by atoms with van der Waals surface area (Å²) < 4.78 is 0. The topological polar surface area (TPSA) is 20.3 Å². The second kappa shape index (κ2) is 4.91. The van der Waals surface area contributed by atoms with Crippen molar-refractivity contribution >= 4 is 11.5 Å². The van der Waals surface area contributed by atoms with E-state index in [1.807, 2.05) is 12.1 Å². The number of rotatable bonds is 2. The zero-order valence-electron chi connectivity index (χ0n) is 10.9. The summed E-state index contributed by atoms with van der Waals surface area (Å²) in [6.07, 6.45) is 2.58. The molecule has 0 amide bonds. The molecule has 0 radical (unpaired) electrons. The van der Waals surface area contributed by atoms with E-state index in [0.29, 0.717) is 6.04 Å². The maximum absolute atomic E-state index is 11.2. The molecule has 2 heteroatoms. The van der Waals surface area contributed by atoms with Crippen molar-refractivity contribution in [2.75, 3.05) is 11.4 Å². The Morgan fingerprint density at radius 1 is 1.18 bits per heavy atom. The first kappa shape index (κ1) is 12.2. The summed E-state index contributed by atoms with van der Waals surface area (Å²) >= 11 is 0. The predicted octanol–water partition coefficient (Wildman–Crippen LogP) is 3.51. The van der Waals surface area contributed by atoms with Crippen molar-refractivity contribution in [3.63, 3.8) is 0 Å². The van der Waals surface area contributed by atoms with Gasteiger partial charge in [-0.1, -0.05) is 6.92 Å². The third kappa shape index (κ3) is 2.68. The minimum Gasteiger partial charge on any atom is -0.369 e. The van der Waals surface area contributed by atoms with Gasteiger partial charge in [0.15, 0.2) is 5.78 Å². The standard InChI is InChI=1S/C15H21NO/c1-11-4-5-12(2)16(10-11)15-8-6-14(7-9-15)13(3)17/h6-9,11-12H,4-5,10H2,1-3H3.